The van der Waals surface area contributed by atoms with Gasteiger partial charge in [-0.15, -0.1) is 0 Å². The molecule has 0 fully saturated rings. The van der Waals surface area contributed by atoms with Crippen molar-refractivity contribution in [1.82, 2.24) is 20.4 Å². The number of likely N-dealkylation sites (N-methyl/N-ethyl adjacent to an activating group) is 1. The Hall–Kier alpha value is -3.06. The minimum absolute atomic E-state index is 0.0476. The first-order valence-corrected chi connectivity index (χ1v) is 10.0. The molecule has 2 rings (SSSR count). The largest absolute Gasteiger partial charge is 0.497 e. The zero-order valence-corrected chi connectivity index (χ0v) is 18.2. The van der Waals surface area contributed by atoms with Crippen molar-refractivity contribution in [2.45, 2.75) is 19.0 Å². The van der Waals surface area contributed by atoms with Crippen molar-refractivity contribution < 1.29 is 14.3 Å². The smallest absolute Gasteiger partial charge is 0.317 e. The van der Waals surface area contributed by atoms with E-state index < -0.39 is 0 Å². The molecule has 2 aromatic rings. The monoisotopic (exact) mass is 412 g/mol. The van der Waals surface area contributed by atoms with E-state index in [2.05, 4.69) is 15.5 Å². The van der Waals surface area contributed by atoms with E-state index in [9.17, 15) is 9.59 Å². The number of urea groups is 1. The number of benzene rings is 2. The number of methoxy groups -OCH3 is 1. The molecule has 2 aromatic carbocycles. The van der Waals surface area contributed by atoms with Crippen molar-refractivity contribution in [1.29, 1.82) is 0 Å². The summed E-state index contributed by atoms with van der Waals surface area (Å²) in [5, 5.41) is 5.75. The van der Waals surface area contributed by atoms with Crippen molar-refractivity contribution in [2.24, 2.45) is 0 Å². The Morgan fingerprint density at radius 3 is 2.23 bits per heavy atom. The summed E-state index contributed by atoms with van der Waals surface area (Å²) in [6, 6.07) is 17.4. The average molecular weight is 413 g/mol. The van der Waals surface area contributed by atoms with Gasteiger partial charge in [-0.3, -0.25) is 4.79 Å². The van der Waals surface area contributed by atoms with Crippen molar-refractivity contribution in [2.75, 3.05) is 41.3 Å². The molecule has 0 aliphatic heterocycles. The summed E-state index contributed by atoms with van der Waals surface area (Å²) < 4.78 is 5.20. The molecule has 0 aliphatic carbocycles. The molecule has 0 aromatic heterocycles. The number of rotatable bonds is 10. The quantitative estimate of drug-likeness (QED) is 0.629. The summed E-state index contributed by atoms with van der Waals surface area (Å²) in [5.41, 5.74) is 2.15. The Labute approximate surface area is 179 Å². The van der Waals surface area contributed by atoms with Gasteiger partial charge >= 0.3 is 6.03 Å². The number of ether oxygens (including phenoxy) is 1. The Morgan fingerprint density at radius 1 is 0.967 bits per heavy atom. The minimum atomic E-state index is -0.198. The van der Waals surface area contributed by atoms with Gasteiger partial charge in [0.15, 0.2) is 0 Å². The number of nitrogens with one attached hydrogen (secondary N) is 2. The van der Waals surface area contributed by atoms with Crippen LogP contribution in [0.3, 0.4) is 0 Å². The van der Waals surface area contributed by atoms with Crippen molar-refractivity contribution >= 4 is 11.9 Å². The highest BCUT2D eigenvalue weighted by molar-refractivity contribution is 5.78. The van der Waals surface area contributed by atoms with Gasteiger partial charge in [0.2, 0.25) is 5.91 Å². The molecule has 0 heterocycles. The van der Waals surface area contributed by atoms with Crippen LogP contribution in [0.15, 0.2) is 54.6 Å². The van der Waals surface area contributed by atoms with E-state index in [4.69, 9.17) is 4.74 Å². The normalized spacial score (nSPS) is 11.6. The summed E-state index contributed by atoms with van der Waals surface area (Å²) in [6.45, 7) is 1.30. The number of hydrogen-bond acceptors (Lipinski definition) is 4. The van der Waals surface area contributed by atoms with E-state index in [-0.39, 0.29) is 24.4 Å². The highest BCUT2D eigenvalue weighted by Crippen LogP contribution is 2.20. The first-order chi connectivity index (χ1) is 14.4. The van der Waals surface area contributed by atoms with E-state index in [1.54, 1.807) is 19.1 Å². The Kier molecular flexibility index (Phi) is 9.15. The lowest BCUT2D eigenvalue weighted by Crippen LogP contribution is -2.39. The van der Waals surface area contributed by atoms with Crippen LogP contribution in [0.25, 0.3) is 0 Å². The zero-order valence-electron chi connectivity index (χ0n) is 18.2. The van der Waals surface area contributed by atoms with Crippen molar-refractivity contribution in [3.8, 4) is 5.75 Å². The standard InChI is InChI=1S/C23H32N4O3/c1-26(2)21(19-10-12-20(30-4)13-11-19)16-25-22(28)14-15-24-23(29)27(3)17-18-8-6-5-7-9-18/h5-13,21H,14-17H2,1-4H3,(H,24,29)(H,25,28). The number of hydrogen-bond donors (Lipinski definition) is 2. The van der Waals surface area contributed by atoms with Crippen LogP contribution in [-0.2, 0) is 11.3 Å². The molecule has 162 valence electrons. The molecule has 1 unspecified atom stereocenters. The third-order valence-corrected chi connectivity index (χ3v) is 4.85. The van der Waals surface area contributed by atoms with Gasteiger partial charge < -0.3 is 25.2 Å². The fourth-order valence-corrected chi connectivity index (χ4v) is 3.07. The van der Waals surface area contributed by atoms with Crippen LogP contribution >= 0.6 is 0 Å². The maximum Gasteiger partial charge on any atom is 0.317 e. The zero-order chi connectivity index (χ0) is 21.9. The molecule has 7 nitrogen and oxygen atoms in total. The molecule has 0 radical (unpaired) electrons. The summed E-state index contributed by atoms with van der Waals surface area (Å²) in [4.78, 5) is 28.1. The maximum atomic E-state index is 12.2. The number of nitrogens with zero attached hydrogens (tertiary/aromatic N) is 2. The minimum Gasteiger partial charge on any atom is -0.497 e. The summed E-state index contributed by atoms with van der Waals surface area (Å²) in [6.07, 6.45) is 0.230. The number of amides is 3. The average Bonchev–Trinajstić information content (AvgIpc) is 2.74. The van der Waals surface area contributed by atoms with E-state index in [0.29, 0.717) is 19.6 Å². The Balaban J connectivity index is 1.74. The van der Waals surface area contributed by atoms with Crippen molar-refractivity contribution in [3.63, 3.8) is 0 Å². The Morgan fingerprint density at radius 2 is 1.63 bits per heavy atom. The molecule has 0 bridgehead atoms. The predicted molar refractivity (Wildman–Crippen MR) is 118 cm³/mol. The fourth-order valence-electron chi connectivity index (χ4n) is 3.07. The summed E-state index contributed by atoms with van der Waals surface area (Å²) in [7, 11) is 7.32. The summed E-state index contributed by atoms with van der Waals surface area (Å²) >= 11 is 0. The lowest BCUT2D eigenvalue weighted by Gasteiger charge is -2.25. The van der Waals surface area contributed by atoms with Crippen LogP contribution in [0, 0.1) is 0 Å². The first kappa shape index (κ1) is 23.2. The topological polar surface area (TPSA) is 73.9 Å². The van der Waals surface area contributed by atoms with Gasteiger partial charge in [0.1, 0.15) is 5.75 Å². The van der Waals surface area contributed by atoms with E-state index in [1.165, 1.54) is 0 Å². The molecular formula is C23H32N4O3. The van der Waals surface area contributed by atoms with E-state index >= 15 is 0 Å². The van der Waals surface area contributed by atoms with E-state index in [1.807, 2.05) is 68.7 Å². The van der Waals surface area contributed by atoms with Gasteiger partial charge in [-0.2, -0.15) is 0 Å². The fraction of sp³-hybridized carbons (Fsp3) is 0.391. The highest BCUT2D eigenvalue weighted by atomic mass is 16.5. The second-order valence-corrected chi connectivity index (χ2v) is 7.38. The predicted octanol–water partition coefficient (Wildman–Crippen LogP) is 2.65. The van der Waals surface area contributed by atoms with Crippen LogP contribution in [0.4, 0.5) is 4.79 Å². The SMILES string of the molecule is COc1ccc(C(CNC(=O)CCNC(=O)N(C)Cc2ccccc2)N(C)C)cc1. The lowest BCUT2D eigenvalue weighted by molar-refractivity contribution is -0.121. The van der Waals surface area contributed by atoms with Crippen molar-refractivity contribution in [3.05, 3.63) is 65.7 Å². The third kappa shape index (κ3) is 7.40. The molecular weight excluding hydrogens is 380 g/mol. The number of carbonyl (C=O) groups excluding carboxylic acids is 2. The Bertz CT molecular complexity index is 794. The van der Waals surface area contributed by atoms with Crippen LogP contribution < -0.4 is 15.4 Å². The van der Waals surface area contributed by atoms with Gasteiger partial charge in [0, 0.05) is 33.1 Å². The second kappa shape index (κ2) is 11.8. The van der Waals surface area contributed by atoms with Crippen LogP contribution in [0.1, 0.15) is 23.6 Å². The maximum absolute atomic E-state index is 12.2. The molecule has 0 saturated heterocycles. The molecule has 0 spiro atoms. The van der Waals surface area contributed by atoms with Gasteiger partial charge in [-0.25, -0.2) is 4.79 Å². The summed E-state index contributed by atoms with van der Waals surface area (Å²) in [5.74, 6) is 0.703. The molecule has 2 N–H and O–H groups in total. The second-order valence-electron chi connectivity index (χ2n) is 7.38. The van der Waals surface area contributed by atoms with Gasteiger partial charge in [-0.05, 0) is 37.4 Å². The number of carbonyl (C=O) groups is 2. The third-order valence-electron chi connectivity index (χ3n) is 4.85. The first-order valence-electron chi connectivity index (χ1n) is 10.0. The molecule has 0 aliphatic rings. The molecule has 0 saturated carbocycles. The highest BCUT2D eigenvalue weighted by Gasteiger charge is 2.16. The molecule has 1 atom stereocenters. The van der Waals surface area contributed by atoms with Crippen LogP contribution in [0.5, 0.6) is 5.75 Å². The molecule has 30 heavy (non-hydrogen) atoms. The van der Waals surface area contributed by atoms with Crippen LogP contribution in [0.2, 0.25) is 0 Å². The van der Waals surface area contributed by atoms with Gasteiger partial charge in [-0.1, -0.05) is 42.5 Å². The lowest BCUT2D eigenvalue weighted by atomic mass is 10.1. The van der Waals surface area contributed by atoms with Gasteiger partial charge in [0.05, 0.1) is 13.2 Å². The van der Waals surface area contributed by atoms with E-state index in [0.717, 1.165) is 16.9 Å². The molecule has 3 amide bonds. The molecule has 7 heteroatoms. The van der Waals surface area contributed by atoms with Gasteiger partial charge in [0.25, 0.3) is 0 Å². The van der Waals surface area contributed by atoms with Crippen LogP contribution in [-0.4, -0.2) is 63.1 Å².